The average Bonchev–Trinajstić information content (AvgIpc) is 3.40. The van der Waals surface area contributed by atoms with E-state index in [0.29, 0.717) is 57.3 Å². The molecule has 0 bridgehead atoms. The molecule has 2 aliphatic heterocycles. The lowest BCUT2D eigenvalue weighted by Crippen LogP contribution is -2.32. The van der Waals surface area contributed by atoms with Crippen molar-refractivity contribution in [3.8, 4) is 17.2 Å². The van der Waals surface area contributed by atoms with Gasteiger partial charge in [-0.2, -0.15) is 0 Å². The van der Waals surface area contributed by atoms with E-state index in [9.17, 15) is 9.59 Å². The van der Waals surface area contributed by atoms with Gasteiger partial charge in [0, 0.05) is 16.6 Å². The smallest absolute Gasteiger partial charge is 0.282 e. The van der Waals surface area contributed by atoms with Gasteiger partial charge in [-0.15, -0.1) is 11.3 Å². The SMILES string of the molecule is COc1ccc(N2C(=O)C(Nc3ccc4c(c3)OCCO4)=C(c3cccs3)C2=O)cc1Cl. The van der Waals surface area contributed by atoms with E-state index < -0.39 is 11.8 Å². The van der Waals surface area contributed by atoms with Crippen molar-refractivity contribution in [3.63, 3.8) is 0 Å². The Kier molecular flexibility index (Phi) is 5.24. The van der Waals surface area contributed by atoms with Crippen molar-refractivity contribution < 1.29 is 23.8 Å². The Morgan fingerprint density at radius 3 is 2.56 bits per heavy atom. The monoisotopic (exact) mass is 468 g/mol. The van der Waals surface area contributed by atoms with Crippen molar-refractivity contribution in [2.45, 2.75) is 0 Å². The van der Waals surface area contributed by atoms with Crippen molar-refractivity contribution in [3.05, 3.63) is 69.5 Å². The fourth-order valence-electron chi connectivity index (χ4n) is 3.59. The van der Waals surface area contributed by atoms with Crippen LogP contribution in [0.1, 0.15) is 4.88 Å². The third kappa shape index (κ3) is 3.47. The summed E-state index contributed by atoms with van der Waals surface area (Å²) in [6.45, 7) is 0.933. The number of halogens is 1. The molecule has 0 saturated carbocycles. The molecule has 1 N–H and O–H groups in total. The zero-order valence-corrected chi connectivity index (χ0v) is 18.5. The van der Waals surface area contributed by atoms with Crippen LogP contribution in [-0.2, 0) is 9.59 Å². The van der Waals surface area contributed by atoms with Crippen LogP contribution in [0.2, 0.25) is 5.02 Å². The summed E-state index contributed by atoms with van der Waals surface area (Å²) in [7, 11) is 1.50. The van der Waals surface area contributed by atoms with E-state index in [0.717, 1.165) is 4.90 Å². The number of benzene rings is 2. The summed E-state index contributed by atoms with van der Waals surface area (Å²) in [4.78, 5) is 28.6. The van der Waals surface area contributed by atoms with Crippen molar-refractivity contribution in [2.24, 2.45) is 0 Å². The molecule has 32 heavy (non-hydrogen) atoms. The normalized spacial score (nSPS) is 15.4. The zero-order chi connectivity index (χ0) is 22.2. The maximum atomic E-state index is 13.4. The number of carbonyl (C=O) groups excluding carboxylic acids is 2. The van der Waals surface area contributed by atoms with Gasteiger partial charge < -0.3 is 19.5 Å². The minimum atomic E-state index is -0.477. The second kappa shape index (κ2) is 8.22. The van der Waals surface area contributed by atoms with Crippen LogP contribution in [0.25, 0.3) is 5.57 Å². The van der Waals surface area contributed by atoms with E-state index in [-0.39, 0.29) is 5.70 Å². The van der Waals surface area contributed by atoms with Crippen molar-refractivity contribution in [1.82, 2.24) is 0 Å². The molecule has 2 aliphatic rings. The second-order valence-corrected chi connectivity index (χ2v) is 8.33. The molecule has 2 amide bonds. The summed E-state index contributed by atoms with van der Waals surface area (Å²) in [6, 6.07) is 13.7. The summed E-state index contributed by atoms with van der Waals surface area (Å²) < 4.78 is 16.4. The molecule has 0 atom stereocenters. The molecule has 0 radical (unpaired) electrons. The van der Waals surface area contributed by atoms with Crippen LogP contribution in [0.4, 0.5) is 11.4 Å². The Morgan fingerprint density at radius 2 is 1.84 bits per heavy atom. The molecule has 2 aromatic carbocycles. The molecule has 9 heteroatoms. The number of fused-ring (bicyclic) bond motifs is 1. The first-order chi connectivity index (χ1) is 15.6. The van der Waals surface area contributed by atoms with Crippen molar-refractivity contribution >= 4 is 51.7 Å². The van der Waals surface area contributed by atoms with Crippen LogP contribution < -0.4 is 24.4 Å². The highest BCUT2D eigenvalue weighted by atomic mass is 35.5. The van der Waals surface area contributed by atoms with Gasteiger partial charge in [0.15, 0.2) is 11.5 Å². The van der Waals surface area contributed by atoms with Gasteiger partial charge in [0.2, 0.25) is 0 Å². The number of hydrogen-bond donors (Lipinski definition) is 1. The highest BCUT2D eigenvalue weighted by Crippen LogP contribution is 2.39. The molecule has 5 rings (SSSR count). The number of nitrogens with one attached hydrogen (secondary N) is 1. The van der Waals surface area contributed by atoms with Crippen LogP contribution in [0.5, 0.6) is 17.2 Å². The third-order valence-corrected chi connectivity index (χ3v) is 6.24. The van der Waals surface area contributed by atoms with Gasteiger partial charge in [0.25, 0.3) is 11.8 Å². The second-order valence-electron chi connectivity index (χ2n) is 6.98. The van der Waals surface area contributed by atoms with Crippen molar-refractivity contribution in [1.29, 1.82) is 0 Å². The van der Waals surface area contributed by atoms with E-state index in [1.165, 1.54) is 24.5 Å². The Hall–Kier alpha value is -3.49. The van der Waals surface area contributed by atoms with Crippen LogP contribution in [0, 0.1) is 0 Å². The first kappa shape index (κ1) is 20.4. The van der Waals surface area contributed by atoms with Crippen LogP contribution >= 0.6 is 22.9 Å². The van der Waals surface area contributed by atoms with Crippen LogP contribution in [-0.4, -0.2) is 32.1 Å². The van der Waals surface area contributed by atoms with Crippen molar-refractivity contribution in [2.75, 3.05) is 30.5 Å². The Bertz CT molecular complexity index is 1260. The molecular formula is C23H17ClN2O5S. The third-order valence-electron chi connectivity index (χ3n) is 5.06. The van der Waals surface area contributed by atoms with Gasteiger partial charge in [0.1, 0.15) is 24.7 Å². The average molecular weight is 469 g/mol. The molecule has 0 spiro atoms. The van der Waals surface area contributed by atoms with Gasteiger partial charge in [0.05, 0.1) is 23.4 Å². The number of amides is 2. The van der Waals surface area contributed by atoms with Gasteiger partial charge in [-0.25, -0.2) is 4.90 Å². The Morgan fingerprint density at radius 1 is 1.03 bits per heavy atom. The van der Waals surface area contributed by atoms with Gasteiger partial charge in [-0.1, -0.05) is 17.7 Å². The molecule has 162 valence electrons. The molecule has 0 aliphatic carbocycles. The minimum Gasteiger partial charge on any atom is -0.495 e. The maximum Gasteiger partial charge on any atom is 0.282 e. The zero-order valence-electron chi connectivity index (χ0n) is 16.9. The predicted octanol–water partition coefficient (Wildman–Crippen LogP) is 4.58. The Balaban J connectivity index is 1.55. The maximum absolute atomic E-state index is 13.4. The number of imide groups is 1. The van der Waals surface area contributed by atoms with E-state index in [2.05, 4.69) is 5.32 Å². The number of hydrogen-bond acceptors (Lipinski definition) is 7. The van der Waals surface area contributed by atoms with Crippen LogP contribution in [0.15, 0.2) is 59.6 Å². The number of nitrogens with zero attached hydrogens (tertiary/aromatic N) is 1. The number of carbonyl (C=O) groups is 2. The van der Waals surface area contributed by atoms with E-state index in [4.69, 9.17) is 25.8 Å². The summed E-state index contributed by atoms with van der Waals surface area (Å²) in [5, 5.41) is 5.29. The molecule has 3 heterocycles. The molecule has 0 fully saturated rings. The fraction of sp³-hybridized carbons (Fsp3) is 0.130. The van der Waals surface area contributed by atoms with Gasteiger partial charge in [-0.05, 0) is 41.8 Å². The standard InChI is InChI=1S/C23H17ClN2O5S/c1-29-16-7-5-14(12-15(16)24)26-22(27)20(19-3-2-10-32-19)21(23(26)28)25-13-4-6-17-18(11-13)31-9-8-30-17/h2-7,10-12,25H,8-9H2,1H3. The lowest BCUT2D eigenvalue weighted by atomic mass is 10.1. The highest BCUT2D eigenvalue weighted by Gasteiger charge is 2.41. The molecule has 0 unspecified atom stereocenters. The van der Waals surface area contributed by atoms with E-state index in [1.54, 1.807) is 36.4 Å². The molecule has 3 aromatic rings. The number of methoxy groups -OCH3 is 1. The number of rotatable bonds is 5. The summed E-state index contributed by atoms with van der Waals surface area (Å²) in [6.07, 6.45) is 0. The predicted molar refractivity (Wildman–Crippen MR) is 123 cm³/mol. The quantitative estimate of drug-likeness (QED) is 0.552. The first-order valence-corrected chi connectivity index (χ1v) is 11.0. The van der Waals surface area contributed by atoms with Gasteiger partial charge >= 0.3 is 0 Å². The fourth-order valence-corrected chi connectivity index (χ4v) is 4.61. The van der Waals surface area contributed by atoms with E-state index >= 15 is 0 Å². The molecule has 0 saturated heterocycles. The lowest BCUT2D eigenvalue weighted by molar-refractivity contribution is -0.120. The number of thiophene rings is 1. The summed E-state index contributed by atoms with van der Waals surface area (Å²) >= 11 is 7.63. The first-order valence-electron chi connectivity index (χ1n) is 9.74. The lowest BCUT2D eigenvalue weighted by Gasteiger charge is -2.19. The summed E-state index contributed by atoms with van der Waals surface area (Å²) in [5.74, 6) is 0.761. The topological polar surface area (TPSA) is 77.1 Å². The molecule has 1 aromatic heterocycles. The number of anilines is 2. The molecular weight excluding hydrogens is 452 g/mol. The highest BCUT2D eigenvalue weighted by molar-refractivity contribution is 7.11. The Labute approximate surface area is 192 Å². The summed E-state index contributed by atoms with van der Waals surface area (Å²) in [5.41, 5.74) is 1.45. The largest absolute Gasteiger partial charge is 0.495 e. The van der Waals surface area contributed by atoms with E-state index in [1.807, 2.05) is 11.4 Å². The molecule has 7 nitrogen and oxygen atoms in total. The minimum absolute atomic E-state index is 0.182. The van der Waals surface area contributed by atoms with Gasteiger partial charge in [-0.3, -0.25) is 9.59 Å². The van der Waals surface area contributed by atoms with Crippen LogP contribution in [0.3, 0.4) is 0 Å². The number of ether oxygens (including phenoxy) is 3.